The van der Waals surface area contributed by atoms with Crippen LogP contribution < -0.4 is 0 Å². The predicted molar refractivity (Wildman–Crippen MR) is 262 cm³/mol. The maximum atomic E-state index is 13.5. The van der Waals surface area contributed by atoms with E-state index in [2.05, 4.69) is 27.7 Å². The third-order valence-corrected chi connectivity index (χ3v) is 12.4. The average Bonchev–Trinajstić information content (AvgIpc) is 3.29. The van der Waals surface area contributed by atoms with Gasteiger partial charge in [-0.25, -0.2) is 9.59 Å². The van der Waals surface area contributed by atoms with Crippen molar-refractivity contribution in [1.29, 1.82) is 0 Å². The quantitative estimate of drug-likeness (QED) is 0.0335. The Morgan fingerprint density at radius 2 is 0.439 bits per heavy atom. The largest absolute Gasteiger partial charge is 0.478 e. The van der Waals surface area contributed by atoms with E-state index in [1.54, 1.807) is 0 Å². The summed E-state index contributed by atoms with van der Waals surface area (Å²) < 4.78 is 22.5. The highest BCUT2D eigenvalue weighted by atomic mass is 16.6. The summed E-state index contributed by atoms with van der Waals surface area (Å²) in [5, 5.41) is 21.1. The van der Waals surface area contributed by atoms with Crippen LogP contribution in [-0.4, -0.2) is 70.4 Å². The van der Waals surface area contributed by atoms with Crippen molar-refractivity contribution in [2.75, 3.05) is 0 Å². The molecular weight excluding hydrogens is 841 g/mol. The Bertz CT molecular complexity index is 1130. The zero-order chi connectivity index (χ0) is 48.9. The highest BCUT2D eigenvalue weighted by Crippen LogP contribution is 2.24. The lowest BCUT2D eigenvalue weighted by Crippen LogP contribution is -2.56. The maximum Gasteiger partial charge on any atom is 0.349 e. The van der Waals surface area contributed by atoms with Gasteiger partial charge in [0.2, 0.25) is 12.2 Å². The molecule has 0 fully saturated rings. The van der Waals surface area contributed by atoms with E-state index in [1.165, 1.54) is 77.0 Å². The number of aliphatic carboxylic acids is 2. The minimum Gasteiger partial charge on any atom is -0.478 e. The minimum atomic E-state index is -2.24. The molecule has 386 valence electrons. The summed E-state index contributed by atoms with van der Waals surface area (Å²) in [6, 6.07) is 0. The van der Waals surface area contributed by atoms with E-state index in [1.807, 2.05) is 0 Å². The van der Waals surface area contributed by atoms with Crippen LogP contribution in [0.3, 0.4) is 0 Å². The van der Waals surface area contributed by atoms with Gasteiger partial charge < -0.3 is 29.2 Å². The number of carbonyl (C=O) groups is 6. The fourth-order valence-corrected chi connectivity index (χ4v) is 8.26. The third-order valence-electron chi connectivity index (χ3n) is 12.4. The lowest BCUT2D eigenvalue weighted by Gasteiger charge is -2.33. The van der Waals surface area contributed by atoms with Crippen molar-refractivity contribution in [2.24, 2.45) is 0 Å². The summed E-state index contributed by atoms with van der Waals surface area (Å²) in [5.74, 6) is -6.93. The maximum absolute atomic E-state index is 13.5. The van der Waals surface area contributed by atoms with Gasteiger partial charge >= 0.3 is 35.8 Å². The van der Waals surface area contributed by atoms with E-state index in [0.717, 1.165) is 128 Å². The highest BCUT2D eigenvalue weighted by molar-refractivity contribution is 5.82. The number of carboxylic acid groups (broad SMARTS) is 2. The van der Waals surface area contributed by atoms with Gasteiger partial charge in [-0.05, 0) is 25.7 Å². The van der Waals surface area contributed by atoms with Gasteiger partial charge in [-0.3, -0.25) is 19.2 Å². The van der Waals surface area contributed by atoms with Gasteiger partial charge in [-0.2, -0.15) is 0 Å². The van der Waals surface area contributed by atoms with E-state index < -0.39 is 60.2 Å². The van der Waals surface area contributed by atoms with E-state index in [4.69, 9.17) is 18.9 Å². The molecule has 66 heavy (non-hydrogen) atoms. The molecule has 0 rings (SSSR count). The molecule has 0 aliphatic carbocycles. The van der Waals surface area contributed by atoms with Gasteiger partial charge in [0.15, 0.2) is 12.2 Å². The van der Waals surface area contributed by atoms with E-state index in [0.29, 0.717) is 25.7 Å². The number of carboxylic acids is 2. The standard InChI is InChI=1S/C54H98O12/c1-5-9-13-17-21-25-29-33-37-41-45(55)63-49(51(53(59)60)65-47(57)43-39-35-31-27-23-19-15-11-7-3)50(64-46(56)42-38-34-30-26-22-18-14-10-6-2)52(54(61)62)66-48(58)44-40-36-32-28-24-20-16-12-8-4/h49-52H,5-44H2,1-4H3,(H,59,60)(H,61,62)/t49-,50+,51+,52-. The topological polar surface area (TPSA) is 180 Å². The second-order valence-electron chi connectivity index (χ2n) is 18.7. The van der Waals surface area contributed by atoms with Crippen LogP contribution >= 0.6 is 0 Å². The first-order chi connectivity index (χ1) is 32.0. The molecule has 0 heterocycles. The molecule has 0 spiro atoms. The normalized spacial score (nSPS) is 13.1. The average molecular weight is 939 g/mol. The first kappa shape index (κ1) is 62.8. The molecule has 2 N–H and O–H groups in total. The summed E-state index contributed by atoms with van der Waals surface area (Å²) >= 11 is 0. The number of hydrogen-bond acceptors (Lipinski definition) is 10. The van der Waals surface area contributed by atoms with Crippen molar-refractivity contribution in [2.45, 2.75) is 309 Å². The Morgan fingerprint density at radius 3 is 0.621 bits per heavy atom. The second-order valence-corrected chi connectivity index (χ2v) is 18.7. The van der Waals surface area contributed by atoms with Crippen LogP contribution in [0.15, 0.2) is 0 Å². The zero-order valence-corrected chi connectivity index (χ0v) is 42.6. The van der Waals surface area contributed by atoms with Crippen LogP contribution in [0.2, 0.25) is 0 Å². The molecule has 0 unspecified atom stereocenters. The Balaban J connectivity index is 6.27. The van der Waals surface area contributed by atoms with Crippen molar-refractivity contribution < 1.29 is 57.9 Å². The summed E-state index contributed by atoms with van der Waals surface area (Å²) in [6.07, 6.45) is 26.4. The Hall–Kier alpha value is -3.18. The molecule has 0 aliphatic rings. The number of esters is 4. The van der Waals surface area contributed by atoms with E-state index in [-0.39, 0.29) is 25.7 Å². The molecule has 0 radical (unpaired) electrons. The summed E-state index contributed by atoms with van der Waals surface area (Å²) in [7, 11) is 0. The van der Waals surface area contributed by atoms with Gasteiger partial charge in [0, 0.05) is 25.7 Å². The molecule has 0 aromatic rings. The predicted octanol–water partition coefficient (Wildman–Crippen LogP) is 14.5. The Morgan fingerprint density at radius 1 is 0.273 bits per heavy atom. The number of carbonyl (C=O) groups excluding carboxylic acids is 4. The molecule has 0 saturated carbocycles. The molecule has 0 bridgehead atoms. The van der Waals surface area contributed by atoms with Crippen molar-refractivity contribution in [1.82, 2.24) is 0 Å². The highest BCUT2D eigenvalue weighted by Gasteiger charge is 2.50. The fraction of sp³-hybridized carbons (Fsp3) is 0.889. The van der Waals surface area contributed by atoms with Gasteiger partial charge in [0.25, 0.3) is 0 Å². The van der Waals surface area contributed by atoms with Crippen LogP contribution in [0.5, 0.6) is 0 Å². The SMILES string of the molecule is CCCCCCCCCCCC(=O)O[C@H]([C@H](OC(=O)CCCCCCCCCCC)[C@@H](OC(=O)CCCCCCCCCCC)C(=O)O)[C@H](OC(=O)CCCCCCCCCCC)C(=O)O. The molecule has 12 heteroatoms. The minimum absolute atomic E-state index is 0.113. The van der Waals surface area contributed by atoms with Gasteiger partial charge in [-0.15, -0.1) is 0 Å². The fourth-order valence-electron chi connectivity index (χ4n) is 8.26. The zero-order valence-electron chi connectivity index (χ0n) is 42.6. The van der Waals surface area contributed by atoms with Crippen LogP contribution in [0, 0.1) is 0 Å². The van der Waals surface area contributed by atoms with E-state index in [9.17, 15) is 39.0 Å². The lowest BCUT2D eigenvalue weighted by molar-refractivity contribution is -0.209. The first-order valence-corrected chi connectivity index (χ1v) is 27.3. The monoisotopic (exact) mass is 939 g/mol. The summed E-state index contributed by atoms with van der Waals surface area (Å²) in [5.41, 5.74) is 0. The molecule has 0 aromatic carbocycles. The van der Waals surface area contributed by atoms with Crippen molar-refractivity contribution >= 4 is 35.8 Å². The summed E-state index contributed by atoms with van der Waals surface area (Å²) in [4.78, 5) is 79.6. The molecular formula is C54H98O12. The summed E-state index contributed by atoms with van der Waals surface area (Å²) in [6.45, 7) is 8.68. The van der Waals surface area contributed by atoms with Crippen LogP contribution in [0.1, 0.15) is 285 Å². The number of rotatable bonds is 49. The Kier molecular flexibility index (Phi) is 43.4. The van der Waals surface area contributed by atoms with Gasteiger partial charge in [-0.1, -0.05) is 233 Å². The molecule has 0 saturated heterocycles. The van der Waals surface area contributed by atoms with Crippen molar-refractivity contribution in [3.63, 3.8) is 0 Å². The first-order valence-electron chi connectivity index (χ1n) is 27.3. The molecule has 0 aliphatic heterocycles. The van der Waals surface area contributed by atoms with Crippen molar-refractivity contribution in [3.05, 3.63) is 0 Å². The molecule has 0 amide bonds. The number of ether oxygens (including phenoxy) is 4. The smallest absolute Gasteiger partial charge is 0.349 e. The van der Waals surface area contributed by atoms with Gasteiger partial charge in [0.1, 0.15) is 0 Å². The Labute approximate surface area is 401 Å². The molecule has 12 nitrogen and oxygen atoms in total. The molecule has 4 atom stereocenters. The lowest BCUT2D eigenvalue weighted by atomic mass is 10.0. The third kappa shape index (κ3) is 36.9. The second kappa shape index (κ2) is 45.6. The van der Waals surface area contributed by atoms with Gasteiger partial charge in [0.05, 0.1) is 0 Å². The number of hydrogen-bond donors (Lipinski definition) is 2. The van der Waals surface area contributed by atoms with Crippen LogP contribution in [0.25, 0.3) is 0 Å². The molecule has 0 aromatic heterocycles. The number of unbranched alkanes of at least 4 members (excludes halogenated alkanes) is 32. The van der Waals surface area contributed by atoms with Crippen LogP contribution in [0.4, 0.5) is 0 Å². The van der Waals surface area contributed by atoms with Crippen LogP contribution in [-0.2, 0) is 47.7 Å². The van der Waals surface area contributed by atoms with Crippen molar-refractivity contribution in [3.8, 4) is 0 Å². The van der Waals surface area contributed by atoms with E-state index >= 15 is 0 Å².